The summed E-state index contributed by atoms with van der Waals surface area (Å²) < 4.78 is 0. The van der Waals surface area contributed by atoms with Crippen LogP contribution in [0.25, 0.3) is 0 Å². The molecule has 0 spiro atoms. The van der Waals surface area contributed by atoms with Gasteiger partial charge in [0.2, 0.25) is 0 Å². The van der Waals surface area contributed by atoms with E-state index in [4.69, 9.17) is 11.6 Å². The largest absolute Gasteiger partial charge is 0.318 e. The summed E-state index contributed by atoms with van der Waals surface area (Å²) in [5, 5.41) is 5.67. The van der Waals surface area contributed by atoms with Crippen molar-refractivity contribution in [3.05, 3.63) is 53.1 Å². The van der Waals surface area contributed by atoms with Crippen molar-refractivity contribution in [3.8, 4) is 0 Å². The Morgan fingerprint density at radius 2 is 1.73 bits per heavy atom. The zero-order valence-corrected chi connectivity index (χ0v) is 13.7. The number of nitrogens with one attached hydrogen (secondary N) is 2. The van der Waals surface area contributed by atoms with Crippen LogP contribution >= 0.6 is 23.4 Å². The van der Waals surface area contributed by atoms with Gasteiger partial charge in [0.25, 0.3) is 0 Å². The fourth-order valence-corrected chi connectivity index (χ4v) is 2.44. The Morgan fingerprint density at radius 1 is 1.05 bits per heavy atom. The maximum absolute atomic E-state index is 12.0. The molecule has 0 bridgehead atoms. The summed E-state index contributed by atoms with van der Waals surface area (Å²) in [5.41, 5.74) is 1.81. The Kier molecular flexibility index (Phi) is 5.46. The van der Waals surface area contributed by atoms with Gasteiger partial charge in [0.1, 0.15) is 0 Å². The summed E-state index contributed by atoms with van der Waals surface area (Å²) in [5.74, 6) is -1.46. The van der Waals surface area contributed by atoms with Crippen molar-refractivity contribution in [3.63, 3.8) is 0 Å². The number of amides is 2. The third kappa shape index (κ3) is 4.02. The van der Waals surface area contributed by atoms with E-state index in [1.807, 2.05) is 18.4 Å². The molecule has 0 aromatic heterocycles. The Hall–Kier alpha value is -1.98. The molecule has 0 aliphatic carbocycles. The van der Waals surface area contributed by atoms with E-state index in [1.165, 1.54) is 0 Å². The first-order valence-corrected chi connectivity index (χ1v) is 8.13. The zero-order valence-electron chi connectivity index (χ0n) is 12.1. The number of thioether (sulfide) groups is 1. The van der Waals surface area contributed by atoms with Crippen LogP contribution in [0.2, 0.25) is 5.02 Å². The van der Waals surface area contributed by atoms with Crippen LogP contribution in [0, 0.1) is 6.92 Å². The van der Waals surface area contributed by atoms with Crippen LogP contribution in [0.5, 0.6) is 0 Å². The van der Waals surface area contributed by atoms with E-state index < -0.39 is 11.8 Å². The Balaban J connectivity index is 2.06. The number of carbonyl (C=O) groups is 2. The molecule has 4 nitrogen and oxygen atoms in total. The number of anilines is 2. The van der Waals surface area contributed by atoms with E-state index in [0.29, 0.717) is 16.4 Å². The Bertz CT molecular complexity index is 719. The minimum absolute atomic E-state index is 0.519. The smallest absolute Gasteiger partial charge is 0.314 e. The molecule has 2 aromatic carbocycles. The lowest BCUT2D eigenvalue weighted by Crippen LogP contribution is -2.29. The molecule has 0 atom stereocenters. The number of hydrogen-bond acceptors (Lipinski definition) is 3. The second kappa shape index (κ2) is 7.33. The van der Waals surface area contributed by atoms with Crippen LogP contribution < -0.4 is 10.6 Å². The highest BCUT2D eigenvalue weighted by molar-refractivity contribution is 7.98. The van der Waals surface area contributed by atoms with Gasteiger partial charge in [-0.2, -0.15) is 0 Å². The molecule has 0 aliphatic rings. The first kappa shape index (κ1) is 16.4. The fraction of sp³-hybridized carbons (Fsp3) is 0.125. The van der Waals surface area contributed by atoms with E-state index in [2.05, 4.69) is 10.6 Å². The van der Waals surface area contributed by atoms with Crippen LogP contribution in [0.1, 0.15) is 5.56 Å². The number of halogens is 1. The second-order valence-electron chi connectivity index (χ2n) is 4.55. The van der Waals surface area contributed by atoms with Crippen molar-refractivity contribution in [2.24, 2.45) is 0 Å². The topological polar surface area (TPSA) is 58.2 Å². The first-order chi connectivity index (χ1) is 10.5. The number of carbonyl (C=O) groups excluding carboxylic acids is 2. The molecule has 0 heterocycles. The molecule has 2 N–H and O–H groups in total. The Morgan fingerprint density at radius 3 is 2.45 bits per heavy atom. The summed E-state index contributed by atoms with van der Waals surface area (Å²) in [7, 11) is 0. The molecule has 114 valence electrons. The third-order valence-electron chi connectivity index (χ3n) is 3.05. The lowest BCUT2D eigenvalue weighted by atomic mass is 10.2. The quantitative estimate of drug-likeness (QED) is 0.660. The highest BCUT2D eigenvalue weighted by Gasteiger charge is 2.15. The van der Waals surface area contributed by atoms with Gasteiger partial charge in [-0.1, -0.05) is 23.7 Å². The molecule has 2 rings (SSSR count). The van der Waals surface area contributed by atoms with Crippen molar-refractivity contribution in [2.75, 3.05) is 16.9 Å². The van der Waals surface area contributed by atoms with Crippen LogP contribution in [0.15, 0.2) is 47.4 Å². The molecular formula is C16H15ClN2O2S. The van der Waals surface area contributed by atoms with Gasteiger partial charge in [-0.3, -0.25) is 9.59 Å². The number of rotatable bonds is 3. The highest BCUT2D eigenvalue weighted by Crippen LogP contribution is 2.23. The molecule has 2 amide bonds. The molecule has 22 heavy (non-hydrogen) atoms. The van der Waals surface area contributed by atoms with Gasteiger partial charge in [-0.05, 0) is 49.1 Å². The maximum atomic E-state index is 12.0. The fourth-order valence-electron chi connectivity index (χ4n) is 1.81. The normalized spacial score (nSPS) is 10.1. The lowest BCUT2D eigenvalue weighted by Gasteiger charge is -2.10. The van der Waals surface area contributed by atoms with E-state index in [9.17, 15) is 9.59 Å². The predicted molar refractivity (Wildman–Crippen MR) is 91.7 cm³/mol. The number of hydrogen-bond donors (Lipinski definition) is 2. The SMILES string of the molecule is CSc1cccc(NC(=O)C(=O)Nc2cccc(Cl)c2C)c1. The van der Waals surface area contributed by atoms with E-state index in [0.717, 1.165) is 10.5 Å². The highest BCUT2D eigenvalue weighted by atomic mass is 35.5. The first-order valence-electron chi connectivity index (χ1n) is 6.52. The average Bonchev–Trinajstić information content (AvgIpc) is 2.52. The molecule has 0 unspecified atom stereocenters. The van der Waals surface area contributed by atoms with Gasteiger partial charge in [-0.25, -0.2) is 0 Å². The average molecular weight is 335 g/mol. The molecular weight excluding hydrogens is 320 g/mol. The number of benzene rings is 2. The van der Waals surface area contributed by atoms with Gasteiger partial charge in [0.05, 0.1) is 0 Å². The van der Waals surface area contributed by atoms with Crippen molar-refractivity contribution in [1.29, 1.82) is 0 Å². The van der Waals surface area contributed by atoms with Gasteiger partial charge in [0.15, 0.2) is 0 Å². The summed E-state index contributed by atoms with van der Waals surface area (Å²) in [6.45, 7) is 1.78. The minimum atomic E-state index is -0.736. The van der Waals surface area contributed by atoms with Crippen molar-refractivity contribution < 1.29 is 9.59 Å². The third-order valence-corrected chi connectivity index (χ3v) is 4.18. The zero-order chi connectivity index (χ0) is 16.1. The monoisotopic (exact) mass is 334 g/mol. The van der Waals surface area contributed by atoms with Gasteiger partial charge >= 0.3 is 11.8 Å². The van der Waals surface area contributed by atoms with Crippen LogP contribution in [-0.2, 0) is 9.59 Å². The van der Waals surface area contributed by atoms with Crippen LogP contribution in [0.4, 0.5) is 11.4 Å². The van der Waals surface area contributed by atoms with Gasteiger partial charge in [0, 0.05) is 21.3 Å². The summed E-state index contributed by atoms with van der Waals surface area (Å²) in [4.78, 5) is 24.9. The standard InChI is InChI=1S/C16H15ClN2O2S/c1-10-13(17)7-4-8-14(10)19-16(21)15(20)18-11-5-3-6-12(9-11)22-2/h3-9H,1-2H3,(H,18,20)(H,19,21). The van der Waals surface area contributed by atoms with E-state index in [1.54, 1.807) is 49.0 Å². The molecule has 0 radical (unpaired) electrons. The molecule has 2 aromatic rings. The van der Waals surface area contributed by atoms with E-state index in [-0.39, 0.29) is 0 Å². The molecule has 0 saturated heterocycles. The minimum Gasteiger partial charge on any atom is -0.318 e. The van der Waals surface area contributed by atoms with Crippen LogP contribution in [-0.4, -0.2) is 18.1 Å². The summed E-state index contributed by atoms with van der Waals surface area (Å²) in [6, 6.07) is 12.4. The van der Waals surface area contributed by atoms with Crippen molar-refractivity contribution in [2.45, 2.75) is 11.8 Å². The van der Waals surface area contributed by atoms with E-state index >= 15 is 0 Å². The summed E-state index contributed by atoms with van der Waals surface area (Å²) >= 11 is 7.54. The van der Waals surface area contributed by atoms with Crippen molar-refractivity contribution in [1.82, 2.24) is 0 Å². The maximum Gasteiger partial charge on any atom is 0.314 e. The summed E-state index contributed by atoms with van der Waals surface area (Å²) in [6.07, 6.45) is 1.94. The lowest BCUT2D eigenvalue weighted by molar-refractivity contribution is -0.133. The molecule has 0 aliphatic heterocycles. The van der Waals surface area contributed by atoms with Gasteiger partial charge in [-0.15, -0.1) is 11.8 Å². The molecule has 6 heteroatoms. The molecule has 0 fully saturated rings. The molecule has 0 saturated carbocycles. The Labute approximate surface area is 138 Å². The van der Waals surface area contributed by atoms with Crippen molar-refractivity contribution >= 4 is 46.6 Å². The van der Waals surface area contributed by atoms with Gasteiger partial charge < -0.3 is 10.6 Å². The second-order valence-corrected chi connectivity index (χ2v) is 5.84. The van der Waals surface area contributed by atoms with Crippen LogP contribution in [0.3, 0.4) is 0 Å². The predicted octanol–water partition coefficient (Wildman–Crippen LogP) is 3.95.